The first-order chi connectivity index (χ1) is 12.3. The molecule has 1 heterocycles. The Labute approximate surface area is 157 Å². The lowest BCUT2D eigenvalue weighted by Gasteiger charge is -2.18. The van der Waals surface area contributed by atoms with E-state index in [4.69, 9.17) is 4.74 Å². The molecule has 2 rings (SSSR count). The van der Waals surface area contributed by atoms with E-state index in [-0.39, 0.29) is 16.8 Å². The van der Waals surface area contributed by atoms with Crippen LogP contribution in [-0.2, 0) is 21.2 Å². The van der Waals surface area contributed by atoms with Gasteiger partial charge in [-0.3, -0.25) is 4.79 Å². The molecule has 0 aromatic heterocycles. The van der Waals surface area contributed by atoms with Crippen LogP contribution in [0.5, 0.6) is 5.75 Å². The van der Waals surface area contributed by atoms with Crippen LogP contribution in [-0.4, -0.2) is 44.9 Å². The second kappa shape index (κ2) is 8.86. The van der Waals surface area contributed by atoms with Crippen molar-refractivity contribution in [2.75, 3.05) is 20.2 Å². The number of aryl methyl sites for hydroxylation is 1. The van der Waals surface area contributed by atoms with Gasteiger partial charge in [-0.1, -0.05) is 13.8 Å². The summed E-state index contributed by atoms with van der Waals surface area (Å²) >= 11 is 0. The third-order valence-corrected chi connectivity index (χ3v) is 6.86. The summed E-state index contributed by atoms with van der Waals surface area (Å²) in [5.74, 6) is 0.929. The van der Waals surface area contributed by atoms with Gasteiger partial charge in [0.1, 0.15) is 5.75 Å². The Bertz CT molecular complexity index is 725. The summed E-state index contributed by atoms with van der Waals surface area (Å²) < 4.78 is 32.4. The van der Waals surface area contributed by atoms with Crippen LogP contribution in [0.2, 0.25) is 0 Å². The lowest BCUT2D eigenvalue weighted by atomic mass is 10.1. The fourth-order valence-corrected chi connectivity index (χ4v) is 4.50. The SMILES string of the molecule is COc1ccc(S(=O)(=O)N2CCCC2)cc1CCC(=O)N[C@H](C)C(C)C. The summed E-state index contributed by atoms with van der Waals surface area (Å²) in [6.45, 7) is 7.23. The number of carbonyl (C=O) groups excluding carboxylic acids is 1. The largest absolute Gasteiger partial charge is 0.496 e. The predicted molar refractivity (Wildman–Crippen MR) is 102 cm³/mol. The number of hydrogen-bond acceptors (Lipinski definition) is 4. The van der Waals surface area contributed by atoms with E-state index in [1.165, 1.54) is 4.31 Å². The van der Waals surface area contributed by atoms with Crippen LogP contribution in [0.4, 0.5) is 0 Å². The predicted octanol–water partition coefficient (Wildman–Crippen LogP) is 2.57. The molecule has 1 fully saturated rings. The molecule has 1 atom stereocenters. The van der Waals surface area contributed by atoms with Crippen molar-refractivity contribution in [1.29, 1.82) is 0 Å². The van der Waals surface area contributed by atoms with Crippen LogP contribution in [0, 0.1) is 5.92 Å². The molecule has 1 amide bonds. The maximum Gasteiger partial charge on any atom is 0.243 e. The highest BCUT2D eigenvalue weighted by Crippen LogP contribution is 2.27. The van der Waals surface area contributed by atoms with Gasteiger partial charge < -0.3 is 10.1 Å². The molecule has 1 aliphatic rings. The standard InChI is InChI=1S/C19H30N2O4S/c1-14(2)15(3)20-19(22)10-7-16-13-17(8-9-18(16)25-4)26(23,24)21-11-5-6-12-21/h8-9,13-15H,5-7,10-12H2,1-4H3,(H,20,22)/t15-/m1/s1. The number of amides is 1. The summed E-state index contributed by atoms with van der Waals surface area (Å²) in [6.07, 6.45) is 2.52. The maximum atomic E-state index is 12.8. The van der Waals surface area contributed by atoms with Gasteiger partial charge in [0.25, 0.3) is 0 Å². The topological polar surface area (TPSA) is 75.7 Å². The summed E-state index contributed by atoms with van der Waals surface area (Å²) in [6, 6.07) is 5.00. The quantitative estimate of drug-likeness (QED) is 0.750. The van der Waals surface area contributed by atoms with E-state index in [0.29, 0.717) is 37.6 Å². The van der Waals surface area contributed by atoms with Crippen molar-refractivity contribution in [3.8, 4) is 5.75 Å². The highest BCUT2D eigenvalue weighted by Gasteiger charge is 2.27. The third-order valence-electron chi connectivity index (χ3n) is 4.96. The van der Waals surface area contributed by atoms with Crippen molar-refractivity contribution in [3.05, 3.63) is 23.8 Å². The second-order valence-electron chi connectivity index (χ2n) is 7.19. The minimum Gasteiger partial charge on any atom is -0.496 e. The Hall–Kier alpha value is -1.60. The highest BCUT2D eigenvalue weighted by atomic mass is 32.2. The number of benzene rings is 1. The van der Waals surface area contributed by atoms with Gasteiger partial charge in [0.2, 0.25) is 15.9 Å². The van der Waals surface area contributed by atoms with Crippen molar-refractivity contribution in [2.24, 2.45) is 5.92 Å². The molecule has 1 saturated heterocycles. The zero-order valence-electron chi connectivity index (χ0n) is 16.1. The number of nitrogens with zero attached hydrogens (tertiary/aromatic N) is 1. The van der Waals surface area contributed by atoms with Gasteiger partial charge in [-0.05, 0) is 55.9 Å². The van der Waals surface area contributed by atoms with Gasteiger partial charge in [-0.15, -0.1) is 0 Å². The Morgan fingerprint density at radius 3 is 2.46 bits per heavy atom. The van der Waals surface area contributed by atoms with Crippen molar-refractivity contribution in [3.63, 3.8) is 0 Å². The molecule has 1 N–H and O–H groups in total. The molecule has 1 aromatic carbocycles. The van der Waals surface area contributed by atoms with Crippen LogP contribution in [0.1, 0.15) is 45.6 Å². The van der Waals surface area contributed by atoms with E-state index in [0.717, 1.165) is 18.4 Å². The first-order valence-electron chi connectivity index (χ1n) is 9.22. The van der Waals surface area contributed by atoms with E-state index < -0.39 is 10.0 Å². The number of methoxy groups -OCH3 is 1. The molecule has 1 aliphatic heterocycles. The van der Waals surface area contributed by atoms with Gasteiger partial charge in [0.15, 0.2) is 0 Å². The number of nitrogens with one attached hydrogen (secondary N) is 1. The molecule has 146 valence electrons. The number of sulfonamides is 1. The molecule has 1 aromatic rings. The molecule has 6 nitrogen and oxygen atoms in total. The molecular formula is C19H30N2O4S. The van der Waals surface area contributed by atoms with Gasteiger partial charge in [0.05, 0.1) is 12.0 Å². The van der Waals surface area contributed by atoms with E-state index in [2.05, 4.69) is 19.2 Å². The van der Waals surface area contributed by atoms with Crippen LogP contribution >= 0.6 is 0 Å². The molecule has 7 heteroatoms. The van der Waals surface area contributed by atoms with Crippen molar-refractivity contribution < 1.29 is 17.9 Å². The Morgan fingerprint density at radius 2 is 1.88 bits per heavy atom. The normalized spacial score (nSPS) is 16.7. The minimum absolute atomic E-state index is 0.0407. The van der Waals surface area contributed by atoms with Crippen LogP contribution in [0.15, 0.2) is 23.1 Å². The maximum absolute atomic E-state index is 12.8. The van der Waals surface area contributed by atoms with Crippen molar-refractivity contribution in [2.45, 2.75) is 57.4 Å². The minimum atomic E-state index is -3.48. The number of ether oxygens (including phenoxy) is 1. The smallest absolute Gasteiger partial charge is 0.243 e. The lowest BCUT2D eigenvalue weighted by Crippen LogP contribution is -2.36. The summed E-state index contributed by atoms with van der Waals surface area (Å²) in [5.41, 5.74) is 0.736. The van der Waals surface area contributed by atoms with Gasteiger partial charge >= 0.3 is 0 Å². The summed E-state index contributed by atoms with van der Waals surface area (Å²) in [5, 5.41) is 2.97. The highest BCUT2D eigenvalue weighted by molar-refractivity contribution is 7.89. The van der Waals surface area contributed by atoms with E-state index >= 15 is 0 Å². The zero-order chi connectivity index (χ0) is 19.3. The summed E-state index contributed by atoms with van der Waals surface area (Å²) in [7, 11) is -1.93. The zero-order valence-corrected chi connectivity index (χ0v) is 16.9. The fraction of sp³-hybridized carbons (Fsp3) is 0.632. The number of carbonyl (C=O) groups is 1. The van der Waals surface area contributed by atoms with Gasteiger partial charge in [-0.25, -0.2) is 8.42 Å². The lowest BCUT2D eigenvalue weighted by molar-refractivity contribution is -0.121. The molecule has 0 saturated carbocycles. The van der Waals surface area contributed by atoms with E-state index in [1.54, 1.807) is 25.3 Å². The average Bonchev–Trinajstić information content (AvgIpc) is 3.15. The number of hydrogen-bond donors (Lipinski definition) is 1. The Kier molecular flexibility index (Phi) is 7.06. The molecule has 0 unspecified atom stereocenters. The van der Waals surface area contributed by atoms with E-state index in [1.807, 2.05) is 6.92 Å². The average molecular weight is 383 g/mol. The second-order valence-corrected chi connectivity index (χ2v) is 9.12. The molecule has 0 spiro atoms. The third kappa shape index (κ3) is 4.98. The number of rotatable bonds is 8. The van der Waals surface area contributed by atoms with Crippen molar-refractivity contribution in [1.82, 2.24) is 9.62 Å². The Morgan fingerprint density at radius 1 is 1.23 bits per heavy atom. The Balaban J connectivity index is 2.13. The molecule has 0 radical (unpaired) electrons. The first-order valence-corrected chi connectivity index (χ1v) is 10.7. The first kappa shape index (κ1) is 20.7. The summed E-state index contributed by atoms with van der Waals surface area (Å²) in [4.78, 5) is 12.4. The fourth-order valence-electron chi connectivity index (χ4n) is 2.93. The van der Waals surface area contributed by atoms with E-state index in [9.17, 15) is 13.2 Å². The van der Waals surface area contributed by atoms with Crippen LogP contribution in [0.25, 0.3) is 0 Å². The van der Waals surface area contributed by atoms with Crippen LogP contribution < -0.4 is 10.1 Å². The van der Waals surface area contributed by atoms with Crippen LogP contribution in [0.3, 0.4) is 0 Å². The molecule has 26 heavy (non-hydrogen) atoms. The monoisotopic (exact) mass is 382 g/mol. The van der Waals surface area contributed by atoms with Gasteiger partial charge in [0, 0.05) is 25.6 Å². The van der Waals surface area contributed by atoms with Gasteiger partial charge in [-0.2, -0.15) is 4.31 Å². The van der Waals surface area contributed by atoms with Crippen molar-refractivity contribution >= 4 is 15.9 Å². The molecular weight excluding hydrogens is 352 g/mol. The molecule has 0 aliphatic carbocycles. The molecule has 0 bridgehead atoms.